The van der Waals surface area contributed by atoms with E-state index in [0.29, 0.717) is 11.3 Å². The van der Waals surface area contributed by atoms with Gasteiger partial charge in [-0.3, -0.25) is 4.79 Å². The van der Waals surface area contributed by atoms with Crippen LogP contribution in [0.1, 0.15) is 11.5 Å². The Morgan fingerprint density at radius 1 is 1.06 bits per heavy atom. The molecule has 0 spiro atoms. The van der Waals surface area contributed by atoms with Gasteiger partial charge < -0.3 is 19.3 Å². The largest absolute Gasteiger partial charge is 0.470 e. The summed E-state index contributed by atoms with van der Waals surface area (Å²) >= 11 is 0. The molecule has 0 saturated carbocycles. The van der Waals surface area contributed by atoms with Crippen LogP contribution in [0.4, 0.5) is 23.7 Å². The van der Waals surface area contributed by atoms with Gasteiger partial charge in [-0.25, -0.2) is 4.79 Å². The second-order valence-corrected chi connectivity index (χ2v) is 7.25. The van der Waals surface area contributed by atoms with Gasteiger partial charge in [0.05, 0.1) is 12.5 Å². The molecule has 1 saturated heterocycles. The summed E-state index contributed by atoms with van der Waals surface area (Å²) in [6.45, 7) is 0.467. The summed E-state index contributed by atoms with van der Waals surface area (Å²) < 4.78 is 42.7. The molecule has 0 unspecified atom stereocenters. The lowest BCUT2D eigenvalue weighted by atomic mass is 9.98. The third kappa shape index (κ3) is 4.41. The van der Waals surface area contributed by atoms with Gasteiger partial charge >= 0.3 is 18.2 Å². The van der Waals surface area contributed by atoms with Crippen LogP contribution >= 0.6 is 0 Å². The number of para-hydroxylation sites is 1. The molecule has 166 valence electrons. The van der Waals surface area contributed by atoms with Crippen molar-refractivity contribution < 1.29 is 32.3 Å². The quantitative estimate of drug-likeness (QED) is 0.638. The number of anilines is 1. The van der Waals surface area contributed by atoms with Gasteiger partial charge in [0.15, 0.2) is 0 Å². The predicted octanol–water partition coefficient (Wildman–Crippen LogP) is 3.90. The van der Waals surface area contributed by atoms with Crippen molar-refractivity contribution in [3.63, 3.8) is 0 Å². The fraction of sp³-hybridized carbons (Fsp3) is 0.238. The number of carboxylic acid groups (broad SMARTS) is 1. The van der Waals surface area contributed by atoms with Gasteiger partial charge in [-0.1, -0.05) is 30.3 Å². The number of benzene rings is 2. The molecule has 11 heteroatoms. The zero-order valence-electron chi connectivity index (χ0n) is 16.5. The fourth-order valence-electron chi connectivity index (χ4n) is 3.31. The Morgan fingerprint density at radius 2 is 1.72 bits per heavy atom. The van der Waals surface area contributed by atoms with Crippen LogP contribution in [0.25, 0.3) is 11.5 Å². The summed E-state index contributed by atoms with van der Waals surface area (Å²) in [6, 6.07) is 15.3. The van der Waals surface area contributed by atoms with Crippen molar-refractivity contribution in [1.82, 2.24) is 15.1 Å². The molecule has 1 fully saturated rings. The van der Waals surface area contributed by atoms with E-state index in [-0.39, 0.29) is 31.4 Å². The number of amides is 2. The Labute approximate surface area is 179 Å². The van der Waals surface area contributed by atoms with Gasteiger partial charge in [0, 0.05) is 24.3 Å². The minimum absolute atomic E-state index is 0.134. The highest BCUT2D eigenvalue weighted by Crippen LogP contribution is 2.30. The van der Waals surface area contributed by atoms with Crippen LogP contribution in [0.5, 0.6) is 0 Å². The molecule has 0 bridgehead atoms. The van der Waals surface area contributed by atoms with E-state index in [9.17, 15) is 22.8 Å². The maximum atomic E-state index is 13.1. The van der Waals surface area contributed by atoms with Crippen molar-refractivity contribution in [2.45, 2.75) is 12.7 Å². The normalized spacial score (nSPS) is 14.2. The maximum Gasteiger partial charge on any atom is 0.470 e. The third-order valence-corrected chi connectivity index (χ3v) is 5.04. The summed E-state index contributed by atoms with van der Waals surface area (Å²) in [4.78, 5) is 26.8. The second kappa shape index (κ2) is 8.33. The summed E-state index contributed by atoms with van der Waals surface area (Å²) in [5.74, 6) is -2.33. The molecular weight excluding hydrogens is 429 g/mol. The molecule has 32 heavy (non-hydrogen) atoms. The van der Waals surface area contributed by atoms with Crippen LogP contribution < -0.4 is 4.90 Å². The Bertz CT molecular complexity index is 1110. The van der Waals surface area contributed by atoms with Crippen molar-refractivity contribution in [2.24, 2.45) is 5.92 Å². The average Bonchev–Trinajstić information content (AvgIpc) is 3.22. The van der Waals surface area contributed by atoms with Gasteiger partial charge in [0.2, 0.25) is 11.8 Å². The number of hydrogen-bond acceptors (Lipinski definition) is 5. The predicted molar refractivity (Wildman–Crippen MR) is 105 cm³/mol. The van der Waals surface area contributed by atoms with Gasteiger partial charge in [-0.2, -0.15) is 13.2 Å². The number of nitrogens with zero attached hydrogens (tertiary/aromatic N) is 4. The molecule has 0 atom stereocenters. The Kier molecular flexibility index (Phi) is 5.56. The number of likely N-dealkylation sites (tertiary alicyclic amines) is 1. The molecule has 1 N–H and O–H groups in total. The topological polar surface area (TPSA) is 99.8 Å². The SMILES string of the molecule is O=C(O)N1CC(C(=O)N(Cc2ccc(-c3nnc(C(F)(F)F)o3)cc2)c2ccccc2)C1. The number of rotatable bonds is 5. The molecule has 2 heterocycles. The standard InChI is InChI=1S/C21H17F3N4O4/c22-21(23,24)19-26-25-17(32-19)14-8-6-13(7-9-14)10-28(16-4-2-1-3-5-16)18(29)15-11-27(12-15)20(30)31/h1-9,15H,10-12H2,(H,30,31). The fourth-order valence-corrected chi connectivity index (χ4v) is 3.31. The van der Waals surface area contributed by atoms with E-state index in [4.69, 9.17) is 5.11 Å². The molecule has 1 aliphatic heterocycles. The molecule has 1 aliphatic rings. The zero-order valence-corrected chi connectivity index (χ0v) is 16.5. The van der Waals surface area contributed by atoms with Crippen molar-refractivity contribution >= 4 is 17.7 Å². The lowest BCUT2D eigenvalue weighted by molar-refractivity contribution is -0.157. The van der Waals surface area contributed by atoms with Crippen LogP contribution in [-0.4, -0.2) is 45.3 Å². The summed E-state index contributed by atoms with van der Waals surface area (Å²) in [5, 5.41) is 15.5. The monoisotopic (exact) mass is 446 g/mol. The van der Waals surface area contributed by atoms with Crippen molar-refractivity contribution in [3.05, 3.63) is 66.1 Å². The lowest BCUT2D eigenvalue weighted by Crippen LogP contribution is -2.56. The molecule has 2 aromatic carbocycles. The minimum atomic E-state index is -4.72. The highest BCUT2D eigenvalue weighted by Gasteiger charge is 2.39. The molecule has 2 amide bonds. The third-order valence-electron chi connectivity index (χ3n) is 5.04. The maximum absolute atomic E-state index is 13.1. The van der Waals surface area contributed by atoms with E-state index < -0.39 is 24.1 Å². The van der Waals surface area contributed by atoms with Gasteiger partial charge in [0.25, 0.3) is 0 Å². The van der Waals surface area contributed by atoms with E-state index in [0.717, 1.165) is 5.56 Å². The highest BCUT2D eigenvalue weighted by molar-refractivity contribution is 5.96. The van der Waals surface area contributed by atoms with E-state index in [1.54, 1.807) is 41.3 Å². The first kappa shape index (κ1) is 21.3. The second-order valence-electron chi connectivity index (χ2n) is 7.25. The first-order valence-corrected chi connectivity index (χ1v) is 9.56. The minimum Gasteiger partial charge on any atom is -0.465 e. The zero-order chi connectivity index (χ0) is 22.9. The van der Waals surface area contributed by atoms with Gasteiger partial charge in [-0.15, -0.1) is 10.2 Å². The van der Waals surface area contributed by atoms with Crippen molar-refractivity contribution in [1.29, 1.82) is 0 Å². The molecule has 8 nitrogen and oxygen atoms in total. The molecule has 1 aromatic heterocycles. The lowest BCUT2D eigenvalue weighted by Gasteiger charge is -2.38. The van der Waals surface area contributed by atoms with Crippen LogP contribution in [0.15, 0.2) is 59.0 Å². The molecule has 0 aliphatic carbocycles. The van der Waals surface area contributed by atoms with Crippen molar-refractivity contribution in [3.8, 4) is 11.5 Å². The molecule has 3 aromatic rings. The van der Waals surface area contributed by atoms with E-state index in [1.165, 1.54) is 17.0 Å². The number of carbonyl (C=O) groups is 2. The number of halogens is 3. The van der Waals surface area contributed by atoms with E-state index >= 15 is 0 Å². The summed E-state index contributed by atoms with van der Waals surface area (Å²) in [5.41, 5.74) is 1.68. The Balaban J connectivity index is 1.52. The first-order chi connectivity index (χ1) is 15.2. The van der Waals surface area contributed by atoms with Gasteiger partial charge in [0.1, 0.15) is 0 Å². The molecule has 0 radical (unpaired) electrons. The molecule has 4 rings (SSSR count). The van der Waals surface area contributed by atoms with Crippen molar-refractivity contribution in [2.75, 3.05) is 18.0 Å². The van der Waals surface area contributed by atoms with Crippen LogP contribution in [0.3, 0.4) is 0 Å². The van der Waals surface area contributed by atoms with Crippen LogP contribution in [0.2, 0.25) is 0 Å². The number of hydrogen-bond donors (Lipinski definition) is 1. The number of aromatic nitrogens is 2. The van der Waals surface area contributed by atoms with Crippen LogP contribution in [-0.2, 0) is 17.5 Å². The van der Waals surface area contributed by atoms with Gasteiger partial charge in [-0.05, 0) is 29.8 Å². The highest BCUT2D eigenvalue weighted by atomic mass is 19.4. The molecular formula is C21H17F3N4O4. The first-order valence-electron chi connectivity index (χ1n) is 9.56. The summed E-state index contributed by atoms with van der Waals surface area (Å²) in [6.07, 6.45) is -5.79. The van der Waals surface area contributed by atoms with E-state index in [1.807, 2.05) is 6.07 Å². The smallest absolute Gasteiger partial charge is 0.465 e. The summed E-state index contributed by atoms with van der Waals surface area (Å²) in [7, 11) is 0. The number of carbonyl (C=O) groups excluding carboxylic acids is 1. The van der Waals surface area contributed by atoms with Crippen LogP contribution in [0, 0.1) is 5.92 Å². The van der Waals surface area contributed by atoms with E-state index in [2.05, 4.69) is 14.6 Å². The number of alkyl halides is 3. The Hall–Kier alpha value is -3.89. The Morgan fingerprint density at radius 3 is 2.28 bits per heavy atom. The average molecular weight is 446 g/mol.